The fourth-order valence-electron chi connectivity index (χ4n) is 1.65. The highest BCUT2D eigenvalue weighted by atomic mass is 32.2. The van der Waals surface area contributed by atoms with E-state index in [9.17, 15) is 10.1 Å². The maximum absolute atomic E-state index is 10.8. The number of primary amides is 1. The molecular weight excluding hydrogens is 262 g/mol. The van der Waals surface area contributed by atoms with E-state index in [4.69, 9.17) is 16.7 Å². The Hall–Kier alpha value is -2.25. The third kappa shape index (κ3) is 3.15. The molecule has 7 heteroatoms. The summed E-state index contributed by atoms with van der Waals surface area (Å²) in [6, 6.07) is 4.00. The third-order valence-corrected chi connectivity index (χ3v) is 3.38. The molecule has 1 heterocycles. The van der Waals surface area contributed by atoms with Gasteiger partial charge < -0.3 is 11.5 Å². The van der Waals surface area contributed by atoms with Gasteiger partial charge in [-0.1, -0.05) is 25.6 Å². The van der Waals surface area contributed by atoms with E-state index in [1.54, 1.807) is 0 Å². The average Bonchev–Trinajstić information content (AvgIpc) is 2.34. The van der Waals surface area contributed by atoms with E-state index in [0.717, 1.165) is 11.8 Å². The molecule has 1 amide bonds. The number of amides is 1. The molecule has 0 aromatic carbocycles. The van der Waals surface area contributed by atoms with Crippen LogP contribution in [0, 0.1) is 22.7 Å². The molecule has 1 rings (SSSR count). The van der Waals surface area contributed by atoms with E-state index in [-0.39, 0.29) is 28.6 Å². The van der Waals surface area contributed by atoms with Crippen LogP contribution in [0.4, 0.5) is 5.82 Å². The highest BCUT2D eigenvalue weighted by Crippen LogP contribution is 2.32. The number of hydrogen-bond acceptors (Lipinski definition) is 6. The highest BCUT2D eigenvalue weighted by Gasteiger charge is 2.21. The minimum atomic E-state index is -0.510. The summed E-state index contributed by atoms with van der Waals surface area (Å²) in [5.41, 5.74) is 11.9. The van der Waals surface area contributed by atoms with Crippen LogP contribution < -0.4 is 11.5 Å². The van der Waals surface area contributed by atoms with E-state index in [2.05, 4.69) is 4.98 Å². The van der Waals surface area contributed by atoms with E-state index in [1.807, 2.05) is 26.0 Å². The Morgan fingerprint density at radius 2 is 1.95 bits per heavy atom. The molecule has 1 aromatic rings. The van der Waals surface area contributed by atoms with E-state index in [1.165, 1.54) is 0 Å². The molecule has 0 saturated carbocycles. The van der Waals surface area contributed by atoms with Crippen LogP contribution in [0.2, 0.25) is 0 Å². The maximum Gasteiger partial charge on any atom is 0.227 e. The number of nitrogens with two attached hydrogens (primary N) is 2. The van der Waals surface area contributed by atoms with Crippen LogP contribution in [0.15, 0.2) is 5.03 Å². The van der Waals surface area contributed by atoms with Gasteiger partial charge in [0.1, 0.15) is 23.0 Å². The number of carbonyl (C=O) groups is 1. The van der Waals surface area contributed by atoms with Gasteiger partial charge >= 0.3 is 0 Å². The third-order valence-electron chi connectivity index (χ3n) is 2.38. The van der Waals surface area contributed by atoms with Crippen molar-refractivity contribution < 1.29 is 4.79 Å². The molecule has 19 heavy (non-hydrogen) atoms. The van der Waals surface area contributed by atoms with Crippen molar-refractivity contribution in [3.63, 3.8) is 0 Å². The first kappa shape index (κ1) is 14.8. The van der Waals surface area contributed by atoms with Gasteiger partial charge in [0.15, 0.2) is 0 Å². The molecule has 6 nitrogen and oxygen atoms in total. The van der Waals surface area contributed by atoms with Crippen LogP contribution in [0.1, 0.15) is 36.5 Å². The van der Waals surface area contributed by atoms with Gasteiger partial charge in [-0.3, -0.25) is 4.79 Å². The Morgan fingerprint density at radius 1 is 1.37 bits per heavy atom. The molecule has 0 radical (unpaired) electrons. The Kier molecular flexibility index (Phi) is 4.74. The normalized spacial score (nSPS) is 9.95. The molecule has 0 spiro atoms. The molecule has 0 aliphatic carbocycles. The molecule has 0 aliphatic rings. The lowest BCUT2D eigenvalue weighted by atomic mass is 9.94. The molecule has 0 atom stereocenters. The van der Waals surface area contributed by atoms with Gasteiger partial charge in [0.05, 0.1) is 16.9 Å². The number of nitrogen functional groups attached to an aromatic ring is 1. The molecule has 0 saturated heterocycles. The van der Waals surface area contributed by atoms with Crippen molar-refractivity contribution >= 4 is 23.5 Å². The molecule has 0 bridgehead atoms. The summed E-state index contributed by atoms with van der Waals surface area (Å²) < 4.78 is 0. The monoisotopic (exact) mass is 275 g/mol. The number of pyridine rings is 1. The first-order valence-electron chi connectivity index (χ1n) is 5.47. The minimum absolute atomic E-state index is 0.00452. The van der Waals surface area contributed by atoms with Gasteiger partial charge in [-0.05, 0) is 11.5 Å². The van der Waals surface area contributed by atoms with Crippen molar-refractivity contribution in [3.8, 4) is 12.1 Å². The lowest BCUT2D eigenvalue weighted by molar-refractivity contribution is -0.115. The van der Waals surface area contributed by atoms with Gasteiger partial charge in [-0.2, -0.15) is 10.5 Å². The van der Waals surface area contributed by atoms with Gasteiger partial charge in [0, 0.05) is 0 Å². The second-order valence-corrected chi connectivity index (χ2v) is 5.06. The molecule has 0 fully saturated rings. The topological polar surface area (TPSA) is 130 Å². The Balaban J connectivity index is 3.47. The first-order chi connectivity index (χ1) is 8.92. The highest BCUT2D eigenvalue weighted by molar-refractivity contribution is 8.00. The Labute approximate surface area is 115 Å². The lowest BCUT2D eigenvalue weighted by Crippen LogP contribution is -2.14. The zero-order valence-corrected chi connectivity index (χ0v) is 11.4. The molecule has 4 N–H and O–H groups in total. The summed E-state index contributed by atoms with van der Waals surface area (Å²) in [4.78, 5) is 14.8. The first-order valence-corrected chi connectivity index (χ1v) is 6.45. The predicted octanol–water partition coefficient (Wildman–Crippen LogP) is 1.11. The largest absolute Gasteiger partial charge is 0.383 e. The number of rotatable bonds is 4. The van der Waals surface area contributed by atoms with Crippen molar-refractivity contribution in [2.24, 2.45) is 5.73 Å². The smallest absolute Gasteiger partial charge is 0.227 e. The molecule has 0 aliphatic heterocycles. The Bertz CT molecular complexity index is 598. The van der Waals surface area contributed by atoms with Crippen LogP contribution in [0.5, 0.6) is 0 Å². The minimum Gasteiger partial charge on any atom is -0.383 e. The summed E-state index contributed by atoms with van der Waals surface area (Å²) in [7, 11) is 0. The van der Waals surface area contributed by atoms with Crippen molar-refractivity contribution in [2.75, 3.05) is 11.5 Å². The van der Waals surface area contributed by atoms with Crippen molar-refractivity contribution in [2.45, 2.75) is 24.8 Å². The molecule has 98 valence electrons. The molecule has 0 unspecified atom stereocenters. The van der Waals surface area contributed by atoms with Crippen LogP contribution >= 0.6 is 11.8 Å². The number of thioether (sulfide) groups is 1. The SMILES string of the molecule is CC(C)c1c(C#N)c(N)nc(SCC(N)=O)c1C#N. The number of nitrogens with zero attached hydrogens (tertiary/aromatic N) is 3. The van der Waals surface area contributed by atoms with Crippen LogP contribution in [-0.2, 0) is 4.79 Å². The van der Waals surface area contributed by atoms with Gasteiger partial charge in [0.25, 0.3) is 0 Å². The standard InChI is InChI=1S/C12H13N5OS/c1-6(2)10-7(3-13)11(16)17-12(8(10)4-14)19-5-9(15)18/h6H,5H2,1-2H3,(H2,15,18)(H2,16,17). The summed E-state index contributed by atoms with van der Waals surface area (Å²) >= 11 is 1.05. The number of hydrogen-bond donors (Lipinski definition) is 2. The predicted molar refractivity (Wildman–Crippen MR) is 72.1 cm³/mol. The summed E-state index contributed by atoms with van der Waals surface area (Å²) in [5.74, 6) is -0.491. The fourth-order valence-corrected chi connectivity index (χ4v) is 2.39. The van der Waals surface area contributed by atoms with E-state index < -0.39 is 5.91 Å². The number of aromatic nitrogens is 1. The number of anilines is 1. The zero-order chi connectivity index (χ0) is 14.6. The second kappa shape index (κ2) is 6.07. The van der Waals surface area contributed by atoms with Crippen molar-refractivity contribution in [3.05, 3.63) is 16.7 Å². The van der Waals surface area contributed by atoms with Gasteiger partial charge in [0.2, 0.25) is 5.91 Å². The average molecular weight is 275 g/mol. The van der Waals surface area contributed by atoms with Crippen molar-refractivity contribution in [1.82, 2.24) is 4.98 Å². The zero-order valence-electron chi connectivity index (χ0n) is 10.6. The lowest BCUT2D eigenvalue weighted by Gasteiger charge is -2.14. The van der Waals surface area contributed by atoms with Gasteiger partial charge in [-0.25, -0.2) is 4.98 Å². The van der Waals surface area contributed by atoms with Crippen LogP contribution in [0.3, 0.4) is 0 Å². The fraction of sp³-hybridized carbons (Fsp3) is 0.333. The molecule has 1 aromatic heterocycles. The summed E-state index contributed by atoms with van der Waals surface area (Å²) in [6.45, 7) is 3.72. The van der Waals surface area contributed by atoms with Crippen LogP contribution in [0.25, 0.3) is 0 Å². The maximum atomic E-state index is 10.8. The van der Waals surface area contributed by atoms with Crippen LogP contribution in [-0.4, -0.2) is 16.6 Å². The second-order valence-electron chi connectivity index (χ2n) is 4.10. The Morgan fingerprint density at radius 3 is 2.37 bits per heavy atom. The quantitative estimate of drug-likeness (QED) is 0.791. The van der Waals surface area contributed by atoms with E-state index >= 15 is 0 Å². The summed E-state index contributed by atoms with van der Waals surface area (Å²) in [5, 5.41) is 18.7. The number of nitriles is 2. The van der Waals surface area contributed by atoms with Crippen molar-refractivity contribution in [1.29, 1.82) is 10.5 Å². The number of carbonyl (C=O) groups excluding carboxylic acids is 1. The van der Waals surface area contributed by atoms with Gasteiger partial charge in [-0.15, -0.1) is 0 Å². The summed E-state index contributed by atoms with van der Waals surface area (Å²) in [6.07, 6.45) is 0. The molecular formula is C12H13N5OS. The van der Waals surface area contributed by atoms with E-state index in [0.29, 0.717) is 10.6 Å².